The van der Waals surface area contributed by atoms with Gasteiger partial charge in [-0.05, 0) is 50.6 Å². The van der Waals surface area contributed by atoms with E-state index < -0.39 is 5.60 Å². The lowest BCUT2D eigenvalue weighted by Gasteiger charge is -2.35. The van der Waals surface area contributed by atoms with Gasteiger partial charge in [0.05, 0.1) is 0 Å². The Morgan fingerprint density at radius 3 is 2.31 bits per heavy atom. The van der Waals surface area contributed by atoms with Crippen molar-refractivity contribution in [3.63, 3.8) is 0 Å². The van der Waals surface area contributed by atoms with Crippen molar-refractivity contribution in [2.45, 2.75) is 32.9 Å². The van der Waals surface area contributed by atoms with Crippen molar-refractivity contribution in [3.8, 4) is 0 Å². The molecule has 2 amide bonds. The summed E-state index contributed by atoms with van der Waals surface area (Å²) in [6, 6.07) is 13.1. The van der Waals surface area contributed by atoms with E-state index in [9.17, 15) is 9.59 Å². The van der Waals surface area contributed by atoms with Gasteiger partial charge in [0.25, 0.3) is 5.91 Å². The Balaban J connectivity index is 1.47. The molecule has 1 saturated heterocycles. The van der Waals surface area contributed by atoms with Crippen molar-refractivity contribution in [3.05, 3.63) is 59.9 Å². The first-order chi connectivity index (χ1) is 13.8. The molecule has 2 aromatic rings. The Kier molecular flexibility index (Phi) is 6.49. The van der Waals surface area contributed by atoms with Gasteiger partial charge in [0.15, 0.2) is 0 Å². The fourth-order valence-electron chi connectivity index (χ4n) is 3.06. The van der Waals surface area contributed by atoms with Crippen molar-refractivity contribution in [2.75, 3.05) is 31.5 Å². The molecule has 1 aliphatic heterocycles. The lowest BCUT2D eigenvalue weighted by atomic mass is 10.1. The number of aromatic nitrogens is 1. The third-order valence-electron chi connectivity index (χ3n) is 4.54. The van der Waals surface area contributed by atoms with Crippen LogP contribution >= 0.6 is 0 Å². The molecule has 1 aromatic heterocycles. The molecule has 1 aliphatic rings. The SMILES string of the molecule is CC(C)(C)OC(=O)N1CCN(Cc2ccc(NC(=O)c3ccccn3)cc2)CC1. The number of amides is 2. The summed E-state index contributed by atoms with van der Waals surface area (Å²) in [5.41, 5.74) is 1.81. The Bertz CT molecular complexity index is 823. The second kappa shape index (κ2) is 9.05. The van der Waals surface area contributed by atoms with Crippen LogP contribution in [0.15, 0.2) is 48.7 Å². The minimum atomic E-state index is -0.470. The smallest absolute Gasteiger partial charge is 0.410 e. The average molecular weight is 396 g/mol. The van der Waals surface area contributed by atoms with Crippen LogP contribution in [0.4, 0.5) is 10.5 Å². The maximum Gasteiger partial charge on any atom is 0.410 e. The van der Waals surface area contributed by atoms with Crippen LogP contribution in [0.1, 0.15) is 36.8 Å². The molecule has 1 aromatic carbocycles. The molecule has 7 heteroatoms. The minimum absolute atomic E-state index is 0.225. The molecule has 29 heavy (non-hydrogen) atoms. The van der Waals surface area contributed by atoms with E-state index >= 15 is 0 Å². The molecule has 3 rings (SSSR count). The van der Waals surface area contributed by atoms with Gasteiger partial charge in [-0.15, -0.1) is 0 Å². The Morgan fingerprint density at radius 2 is 1.72 bits per heavy atom. The zero-order valence-electron chi connectivity index (χ0n) is 17.2. The van der Waals surface area contributed by atoms with E-state index in [1.165, 1.54) is 0 Å². The van der Waals surface area contributed by atoms with E-state index in [4.69, 9.17) is 4.74 Å². The van der Waals surface area contributed by atoms with Crippen molar-refractivity contribution >= 4 is 17.7 Å². The van der Waals surface area contributed by atoms with Crippen LogP contribution in [0, 0.1) is 0 Å². The first kappa shape index (κ1) is 20.8. The summed E-state index contributed by atoms with van der Waals surface area (Å²) in [6.45, 7) is 9.36. The van der Waals surface area contributed by atoms with Crippen LogP contribution < -0.4 is 5.32 Å². The molecular formula is C22H28N4O3. The third kappa shape index (κ3) is 6.29. The standard InChI is InChI=1S/C22H28N4O3/c1-22(2,3)29-21(28)26-14-12-25(13-15-26)16-17-7-9-18(10-8-17)24-20(27)19-6-4-5-11-23-19/h4-11H,12-16H2,1-3H3,(H,24,27). The molecule has 0 saturated carbocycles. The Hall–Kier alpha value is -2.93. The summed E-state index contributed by atoms with van der Waals surface area (Å²) in [6.07, 6.45) is 1.35. The molecule has 1 N–H and O–H groups in total. The van der Waals surface area contributed by atoms with Gasteiger partial charge in [0.2, 0.25) is 0 Å². The lowest BCUT2D eigenvalue weighted by Crippen LogP contribution is -2.49. The molecule has 7 nitrogen and oxygen atoms in total. The number of benzene rings is 1. The topological polar surface area (TPSA) is 74.8 Å². The zero-order valence-corrected chi connectivity index (χ0v) is 17.2. The predicted octanol–water partition coefficient (Wildman–Crippen LogP) is 3.39. The fraction of sp³-hybridized carbons (Fsp3) is 0.409. The summed E-state index contributed by atoms with van der Waals surface area (Å²) >= 11 is 0. The summed E-state index contributed by atoms with van der Waals surface area (Å²) in [4.78, 5) is 32.4. The van der Waals surface area contributed by atoms with Crippen molar-refractivity contribution in [1.29, 1.82) is 0 Å². The number of anilines is 1. The van der Waals surface area contributed by atoms with E-state index in [0.717, 1.165) is 30.9 Å². The van der Waals surface area contributed by atoms with E-state index in [0.29, 0.717) is 18.8 Å². The Morgan fingerprint density at radius 1 is 1.03 bits per heavy atom. The summed E-state index contributed by atoms with van der Waals surface area (Å²) in [7, 11) is 0. The van der Waals surface area contributed by atoms with Crippen molar-refractivity contribution < 1.29 is 14.3 Å². The third-order valence-corrected chi connectivity index (χ3v) is 4.54. The second-order valence-corrected chi connectivity index (χ2v) is 8.11. The van der Waals surface area contributed by atoms with Crippen LogP contribution in [0.25, 0.3) is 0 Å². The zero-order chi connectivity index (χ0) is 20.9. The highest BCUT2D eigenvalue weighted by atomic mass is 16.6. The molecule has 1 fully saturated rings. The number of hydrogen-bond acceptors (Lipinski definition) is 5. The highest BCUT2D eigenvalue weighted by Gasteiger charge is 2.25. The van der Waals surface area contributed by atoms with E-state index in [-0.39, 0.29) is 12.0 Å². The molecule has 2 heterocycles. The summed E-state index contributed by atoms with van der Waals surface area (Å²) in [5, 5.41) is 2.85. The van der Waals surface area contributed by atoms with Crippen LogP contribution in [-0.2, 0) is 11.3 Å². The maximum atomic E-state index is 12.2. The Labute approximate surface area is 171 Å². The van der Waals surface area contributed by atoms with Gasteiger partial charge in [-0.2, -0.15) is 0 Å². The number of nitrogens with one attached hydrogen (secondary N) is 1. The molecule has 0 radical (unpaired) electrons. The summed E-state index contributed by atoms with van der Waals surface area (Å²) < 4.78 is 5.44. The number of pyridine rings is 1. The molecule has 0 atom stereocenters. The molecular weight excluding hydrogens is 368 g/mol. The van der Waals surface area contributed by atoms with Crippen LogP contribution in [0.5, 0.6) is 0 Å². The van der Waals surface area contributed by atoms with Gasteiger partial charge >= 0.3 is 6.09 Å². The number of hydrogen-bond donors (Lipinski definition) is 1. The highest BCUT2D eigenvalue weighted by molar-refractivity contribution is 6.02. The van der Waals surface area contributed by atoms with Gasteiger partial charge in [-0.3, -0.25) is 14.7 Å². The highest BCUT2D eigenvalue weighted by Crippen LogP contribution is 2.15. The number of nitrogens with zero attached hydrogens (tertiary/aromatic N) is 3. The number of carbonyl (C=O) groups excluding carboxylic acids is 2. The quantitative estimate of drug-likeness (QED) is 0.857. The van der Waals surface area contributed by atoms with E-state index in [1.807, 2.05) is 45.0 Å². The van der Waals surface area contributed by atoms with Crippen LogP contribution in [0.3, 0.4) is 0 Å². The van der Waals surface area contributed by atoms with E-state index in [1.54, 1.807) is 29.3 Å². The predicted molar refractivity (Wildman–Crippen MR) is 112 cm³/mol. The number of rotatable bonds is 4. The molecule has 0 spiro atoms. The van der Waals surface area contributed by atoms with Gasteiger partial charge in [-0.25, -0.2) is 4.79 Å². The summed E-state index contributed by atoms with van der Waals surface area (Å²) in [5.74, 6) is -0.225. The van der Waals surface area contributed by atoms with Crippen LogP contribution in [0.2, 0.25) is 0 Å². The fourth-order valence-corrected chi connectivity index (χ4v) is 3.06. The molecule has 0 bridgehead atoms. The first-order valence-corrected chi connectivity index (χ1v) is 9.82. The first-order valence-electron chi connectivity index (χ1n) is 9.82. The monoisotopic (exact) mass is 396 g/mol. The molecule has 154 valence electrons. The average Bonchev–Trinajstić information content (AvgIpc) is 2.69. The molecule has 0 unspecified atom stereocenters. The van der Waals surface area contributed by atoms with Crippen molar-refractivity contribution in [1.82, 2.24) is 14.8 Å². The van der Waals surface area contributed by atoms with Gasteiger partial charge in [0, 0.05) is 44.6 Å². The number of piperazine rings is 1. The van der Waals surface area contributed by atoms with Crippen LogP contribution in [-0.4, -0.2) is 58.6 Å². The van der Waals surface area contributed by atoms with Gasteiger partial charge < -0.3 is 15.0 Å². The van der Waals surface area contributed by atoms with Crippen molar-refractivity contribution in [2.24, 2.45) is 0 Å². The normalized spacial score (nSPS) is 15.1. The van der Waals surface area contributed by atoms with E-state index in [2.05, 4.69) is 15.2 Å². The number of carbonyl (C=O) groups is 2. The number of ether oxygens (including phenoxy) is 1. The second-order valence-electron chi connectivity index (χ2n) is 8.11. The largest absolute Gasteiger partial charge is 0.444 e. The minimum Gasteiger partial charge on any atom is -0.444 e. The molecule has 0 aliphatic carbocycles. The van der Waals surface area contributed by atoms with Gasteiger partial charge in [-0.1, -0.05) is 18.2 Å². The van der Waals surface area contributed by atoms with Gasteiger partial charge in [0.1, 0.15) is 11.3 Å². The lowest BCUT2D eigenvalue weighted by molar-refractivity contribution is 0.0139. The maximum absolute atomic E-state index is 12.2.